The summed E-state index contributed by atoms with van der Waals surface area (Å²) in [5.41, 5.74) is 2.09. The number of thioether (sulfide) groups is 1. The smallest absolute Gasteiger partial charge is 0.283 e. The summed E-state index contributed by atoms with van der Waals surface area (Å²) < 4.78 is 5.23. The minimum Gasteiger partial charge on any atom is -0.495 e. The van der Waals surface area contributed by atoms with E-state index < -0.39 is 0 Å². The maximum atomic E-state index is 13.2. The van der Waals surface area contributed by atoms with E-state index in [2.05, 4.69) is 9.98 Å². The first kappa shape index (κ1) is 19.7. The number of rotatable bonds is 5. The molecule has 2 aromatic heterocycles. The first-order valence-corrected chi connectivity index (χ1v) is 10.9. The lowest BCUT2D eigenvalue weighted by atomic mass is 10.2. The zero-order valence-electron chi connectivity index (χ0n) is 15.4. The van der Waals surface area contributed by atoms with Gasteiger partial charge in [0.2, 0.25) is 0 Å². The van der Waals surface area contributed by atoms with Crippen LogP contribution < -0.4 is 9.64 Å². The molecule has 3 aromatic rings. The Balaban J connectivity index is 1.67. The number of carbonyl (C=O) groups excluding carboxylic acids is 1. The lowest BCUT2D eigenvalue weighted by Crippen LogP contribution is -2.30. The van der Waals surface area contributed by atoms with Crippen molar-refractivity contribution in [1.82, 2.24) is 4.98 Å². The SMILES string of the molecule is COc1ccc(N2C(=O)/C(=C/c3cccs3)N=C2SCc2cccnc2)cc1Cl. The van der Waals surface area contributed by atoms with Gasteiger partial charge < -0.3 is 4.74 Å². The predicted octanol–water partition coefficient (Wildman–Crippen LogP) is 5.48. The third-order valence-corrected chi connectivity index (χ3v) is 6.26. The maximum absolute atomic E-state index is 13.2. The zero-order chi connectivity index (χ0) is 20.2. The van der Waals surface area contributed by atoms with E-state index in [-0.39, 0.29) is 5.91 Å². The number of amides is 1. The molecular formula is C21H16ClN3O2S2. The lowest BCUT2D eigenvalue weighted by molar-refractivity contribution is -0.113. The molecule has 29 heavy (non-hydrogen) atoms. The molecule has 0 unspecified atom stereocenters. The normalized spacial score (nSPS) is 15.1. The molecule has 0 atom stereocenters. The van der Waals surface area contributed by atoms with Crippen LogP contribution >= 0.6 is 34.7 Å². The Morgan fingerprint density at radius 3 is 2.86 bits per heavy atom. The van der Waals surface area contributed by atoms with Crippen molar-refractivity contribution in [1.29, 1.82) is 0 Å². The molecule has 5 nitrogen and oxygen atoms in total. The van der Waals surface area contributed by atoms with Crippen molar-refractivity contribution in [3.8, 4) is 5.75 Å². The van der Waals surface area contributed by atoms with E-state index in [0.717, 1.165) is 10.4 Å². The zero-order valence-corrected chi connectivity index (χ0v) is 17.8. The summed E-state index contributed by atoms with van der Waals surface area (Å²) in [5.74, 6) is 1.01. The van der Waals surface area contributed by atoms with Crippen molar-refractivity contribution in [2.75, 3.05) is 12.0 Å². The van der Waals surface area contributed by atoms with Gasteiger partial charge in [-0.1, -0.05) is 35.5 Å². The summed E-state index contributed by atoms with van der Waals surface area (Å²) in [5, 5.41) is 3.00. The van der Waals surface area contributed by atoms with Gasteiger partial charge in [0.15, 0.2) is 5.17 Å². The van der Waals surface area contributed by atoms with E-state index in [9.17, 15) is 4.79 Å². The van der Waals surface area contributed by atoms with E-state index in [1.54, 1.807) is 53.9 Å². The second-order valence-electron chi connectivity index (χ2n) is 6.05. The first-order chi connectivity index (χ1) is 14.2. The van der Waals surface area contributed by atoms with Crippen LogP contribution in [0.2, 0.25) is 5.02 Å². The van der Waals surface area contributed by atoms with Crippen molar-refractivity contribution in [3.63, 3.8) is 0 Å². The van der Waals surface area contributed by atoms with Gasteiger partial charge in [0.05, 0.1) is 17.8 Å². The molecule has 1 amide bonds. The molecule has 0 saturated heterocycles. The second-order valence-corrected chi connectivity index (χ2v) is 8.38. The fourth-order valence-electron chi connectivity index (χ4n) is 2.75. The number of hydrogen-bond acceptors (Lipinski definition) is 6. The van der Waals surface area contributed by atoms with Crippen LogP contribution in [0.25, 0.3) is 6.08 Å². The standard InChI is InChI=1S/C21H16ClN3O2S2/c1-27-19-7-6-15(10-17(19)22)25-20(26)18(11-16-5-3-9-28-16)24-21(25)29-13-14-4-2-8-23-12-14/h2-12H,13H2,1H3/b18-11-. The molecule has 0 bridgehead atoms. The molecule has 0 fully saturated rings. The number of aromatic nitrogens is 1. The fourth-order valence-corrected chi connectivity index (χ4v) is 4.60. The lowest BCUT2D eigenvalue weighted by Gasteiger charge is -2.18. The van der Waals surface area contributed by atoms with Gasteiger partial charge in [0, 0.05) is 23.0 Å². The number of anilines is 1. The molecular weight excluding hydrogens is 426 g/mol. The molecule has 1 aromatic carbocycles. The van der Waals surface area contributed by atoms with E-state index >= 15 is 0 Å². The number of aliphatic imine (C=N–C) groups is 1. The third kappa shape index (κ3) is 4.37. The van der Waals surface area contributed by atoms with Crippen LogP contribution in [0.1, 0.15) is 10.4 Å². The van der Waals surface area contributed by atoms with Crippen molar-refractivity contribution in [2.24, 2.45) is 4.99 Å². The highest BCUT2D eigenvalue weighted by Gasteiger charge is 2.32. The first-order valence-electron chi connectivity index (χ1n) is 8.69. The van der Waals surface area contributed by atoms with E-state index in [4.69, 9.17) is 16.3 Å². The number of ether oxygens (including phenoxy) is 1. The van der Waals surface area contributed by atoms with Crippen molar-refractivity contribution >= 4 is 57.5 Å². The maximum Gasteiger partial charge on any atom is 0.283 e. The number of thiophene rings is 1. The second kappa shape index (κ2) is 8.82. The number of amidine groups is 1. The largest absolute Gasteiger partial charge is 0.495 e. The van der Waals surface area contributed by atoms with Crippen LogP contribution in [-0.4, -0.2) is 23.2 Å². The highest BCUT2D eigenvalue weighted by atomic mass is 35.5. The number of pyridine rings is 1. The Hall–Kier alpha value is -2.61. The van der Waals surface area contributed by atoms with Crippen LogP contribution in [0, 0.1) is 0 Å². The van der Waals surface area contributed by atoms with Crippen LogP contribution in [0.4, 0.5) is 5.69 Å². The summed E-state index contributed by atoms with van der Waals surface area (Å²) in [6.45, 7) is 0. The number of nitrogens with zero attached hydrogens (tertiary/aromatic N) is 3. The monoisotopic (exact) mass is 441 g/mol. The van der Waals surface area contributed by atoms with Gasteiger partial charge in [-0.2, -0.15) is 0 Å². The van der Waals surface area contributed by atoms with Gasteiger partial charge in [0.25, 0.3) is 5.91 Å². The number of halogens is 1. The van der Waals surface area contributed by atoms with Gasteiger partial charge in [0.1, 0.15) is 11.4 Å². The number of benzene rings is 1. The topological polar surface area (TPSA) is 54.8 Å². The van der Waals surface area contributed by atoms with E-state index in [1.807, 2.05) is 35.7 Å². The predicted molar refractivity (Wildman–Crippen MR) is 121 cm³/mol. The van der Waals surface area contributed by atoms with Crippen molar-refractivity contribution < 1.29 is 9.53 Å². The highest BCUT2D eigenvalue weighted by Crippen LogP contribution is 2.35. The molecule has 3 heterocycles. The van der Waals surface area contributed by atoms with Crippen LogP contribution in [0.15, 0.2) is 70.9 Å². The molecule has 1 aliphatic heterocycles. The number of methoxy groups -OCH3 is 1. The Bertz CT molecular complexity index is 1080. The van der Waals surface area contributed by atoms with E-state index in [0.29, 0.717) is 33.1 Å². The summed E-state index contributed by atoms with van der Waals surface area (Å²) in [6.07, 6.45) is 5.35. The summed E-state index contributed by atoms with van der Waals surface area (Å²) in [7, 11) is 1.56. The average Bonchev–Trinajstić information content (AvgIpc) is 3.35. The molecule has 1 aliphatic rings. The molecule has 0 radical (unpaired) electrons. The Labute approximate surface area is 181 Å². The van der Waals surface area contributed by atoms with Crippen LogP contribution in [-0.2, 0) is 10.5 Å². The Morgan fingerprint density at radius 1 is 1.28 bits per heavy atom. The summed E-state index contributed by atoms with van der Waals surface area (Å²) in [6, 6.07) is 13.0. The van der Waals surface area contributed by atoms with Crippen LogP contribution in [0.5, 0.6) is 5.75 Å². The molecule has 0 N–H and O–H groups in total. The van der Waals surface area contributed by atoms with E-state index in [1.165, 1.54) is 11.8 Å². The average molecular weight is 442 g/mol. The number of carbonyl (C=O) groups is 1. The molecule has 8 heteroatoms. The third-order valence-electron chi connectivity index (χ3n) is 4.14. The molecule has 0 spiro atoms. The van der Waals surface area contributed by atoms with Crippen LogP contribution in [0.3, 0.4) is 0 Å². The Morgan fingerprint density at radius 2 is 2.17 bits per heavy atom. The van der Waals surface area contributed by atoms with Gasteiger partial charge in [-0.25, -0.2) is 4.99 Å². The highest BCUT2D eigenvalue weighted by molar-refractivity contribution is 8.13. The molecule has 0 saturated carbocycles. The minimum absolute atomic E-state index is 0.187. The Kier molecular flexibility index (Phi) is 5.99. The van der Waals surface area contributed by atoms with Gasteiger partial charge in [-0.15, -0.1) is 11.3 Å². The number of hydrogen-bond donors (Lipinski definition) is 0. The van der Waals surface area contributed by atoms with Crippen molar-refractivity contribution in [3.05, 3.63) is 81.4 Å². The summed E-state index contributed by atoms with van der Waals surface area (Å²) >= 11 is 9.33. The van der Waals surface area contributed by atoms with Gasteiger partial charge in [-0.3, -0.25) is 14.7 Å². The fraction of sp³-hybridized carbons (Fsp3) is 0.0952. The minimum atomic E-state index is -0.187. The quantitative estimate of drug-likeness (QED) is 0.492. The molecule has 0 aliphatic carbocycles. The van der Waals surface area contributed by atoms with Crippen molar-refractivity contribution in [2.45, 2.75) is 5.75 Å². The van der Waals surface area contributed by atoms with Gasteiger partial charge in [-0.05, 0) is 47.4 Å². The summed E-state index contributed by atoms with van der Waals surface area (Å²) in [4.78, 5) is 24.5. The molecule has 4 rings (SSSR count). The molecule has 146 valence electrons. The van der Waals surface area contributed by atoms with Gasteiger partial charge >= 0.3 is 0 Å².